The highest BCUT2D eigenvalue weighted by Gasteiger charge is 2.25. The van der Waals surface area contributed by atoms with Crippen LogP contribution in [-0.4, -0.2) is 29.1 Å². The lowest BCUT2D eigenvalue weighted by atomic mass is 10.2. The molecule has 32 heavy (non-hydrogen) atoms. The first-order valence-electron chi connectivity index (χ1n) is 9.05. The molecule has 0 fully saturated rings. The highest BCUT2D eigenvalue weighted by molar-refractivity contribution is 7.90. The van der Waals surface area contributed by atoms with Gasteiger partial charge in [0.1, 0.15) is 10.6 Å². The Hall–Kier alpha value is -2.91. The third-order valence-electron chi connectivity index (χ3n) is 4.38. The second-order valence-electron chi connectivity index (χ2n) is 6.48. The van der Waals surface area contributed by atoms with E-state index in [1.807, 2.05) is 4.72 Å². The smallest absolute Gasteiger partial charge is 0.266 e. The summed E-state index contributed by atoms with van der Waals surface area (Å²) in [6.07, 6.45) is 1.53. The molecule has 0 radical (unpaired) electrons. The number of hydrogen-bond donors (Lipinski definition) is 1. The van der Waals surface area contributed by atoms with Crippen LogP contribution in [0.1, 0.15) is 10.5 Å². The van der Waals surface area contributed by atoms with Crippen molar-refractivity contribution < 1.29 is 13.2 Å². The van der Waals surface area contributed by atoms with E-state index in [1.54, 1.807) is 42.5 Å². The van der Waals surface area contributed by atoms with E-state index in [9.17, 15) is 13.2 Å². The van der Waals surface area contributed by atoms with E-state index >= 15 is 0 Å². The number of sulfonamides is 1. The van der Waals surface area contributed by atoms with Crippen LogP contribution in [-0.2, 0) is 10.0 Å². The molecule has 4 aromatic rings. The Morgan fingerprint density at radius 2 is 1.53 bits per heavy atom. The van der Waals surface area contributed by atoms with Crippen LogP contribution in [0.2, 0.25) is 15.1 Å². The average Bonchev–Trinajstić information content (AvgIpc) is 3.19. The van der Waals surface area contributed by atoms with Gasteiger partial charge in [-0.3, -0.25) is 9.78 Å². The zero-order valence-corrected chi connectivity index (χ0v) is 19.1. The van der Waals surface area contributed by atoms with E-state index in [1.165, 1.54) is 35.1 Å². The fraction of sp³-hybridized carbons (Fsp3) is 0. The number of para-hydroxylation sites is 1. The molecule has 0 atom stereocenters. The van der Waals surface area contributed by atoms with E-state index < -0.39 is 15.9 Å². The summed E-state index contributed by atoms with van der Waals surface area (Å²) >= 11 is 18.6. The fourth-order valence-corrected chi connectivity index (χ4v) is 4.85. The Kier molecular flexibility index (Phi) is 6.21. The molecule has 1 amide bonds. The Morgan fingerprint density at radius 3 is 2.22 bits per heavy atom. The third-order valence-corrected chi connectivity index (χ3v) is 6.83. The second kappa shape index (κ2) is 8.91. The zero-order chi connectivity index (χ0) is 22.9. The molecule has 11 heteroatoms. The standard InChI is InChI=1S/C21H13Cl3N4O3S/c22-13-6-1-3-9-17(13)28-18(20-15(24)8-5-11-25-20)12-16(26-28)21(29)27-32(30,31)19-10-4-2-7-14(19)23/h1-12H,(H,27,29). The minimum Gasteiger partial charge on any atom is -0.266 e. The van der Waals surface area contributed by atoms with E-state index in [4.69, 9.17) is 34.8 Å². The minimum absolute atomic E-state index is 0.0182. The van der Waals surface area contributed by atoms with Crippen molar-refractivity contribution in [1.29, 1.82) is 0 Å². The monoisotopic (exact) mass is 506 g/mol. The number of hydrogen-bond acceptors (Lipinski definition) is 5. The van der Waals surface area contributed by atoms with Crippen LogP contribution in [0.4, 0.5) is 0 Å². The number of amides is 1. The first kappa shape index (κ1) is 22.3. The number of carbonyl (C=O) groups excluding carboxylic acids is 1. The zero-order valence-electron chi connectivity index (χ0n) is 16.0. The summed E-state index contributed by atoms with van der Waals surface area (Å²) in [7, 11) is -4.24. The number of carbonyl (C=O) groups is 1. The third kappa shape index (κ3) is 4.35. The van der Waals surface area contributed by atoms with Crippen molar-refractivity contribution in [1.82, 2.24) is 19.5 Å². The summed E-state index contributed by atoms with van der Waals surface area (Å²) in [6, 6.07) is 17.3. The lowest BCUT2D eigenvalue weighted by molar-refractivity contribution is 0.0976. The van der Waals surface area contributed by atoms with Crippen LogP contribution in [0.3, 0.4) is 0 Å². The van der Waals surface area contributed by atoms with Crippen LogP contribution >= 0.6 is 34.8 Å². The maximum Gasteiger partial charge on any atom is 0.285 e. The van der Waals surface area contributed by atoms with Crippen LogP contribution in [0.25, 0.3) is 17.1 Å². The van der Waals surface area contributed by atoms with Crippen molar-refractivity contribution in [3.8, 4) is 17.1 Å². The van der Waals surface area contributed by atoms with Gasteiger partial charge in [-0.05, 0) is 42.5 Å². The first-order chi connectivity index (χ1) is 15.3. The summed E-state index contributed by atoms with van der Waals surface area (Å²) in [4.78, 5) is 16.9. The number of halogens is 3. The summed E-state index contributed by atoms with van der Waals surface area (Å²) in [5.74, 6) is -0.955. The fourth-order valence-electron chi connectivity index (χ4n) is 2.93. The second-order valence-corrected chi connectivity index (χ2v) is 9.35. The highest BCUT2D eigenvalue weighted by Crippen LogP contribution is 2.31. The maximum absolute atomic E-state index is 12.8. The molecule has 7 nitrogen and oxygen atoms in total. The van der Waals surface area contributed by atoms with Crippen LogP contribution in [0.15, 0.2) is 77.8 Å². The average molecular weight is 508 g/mol. The van der Waals surface area contributed by atoms with Crippen molar-refractivity contribution in [3.63, 3.8) is 0 Å². The van der Waals surface area contributed by atoms with Crippen molar-refractivity contribution >= 4 is 50.7 Å². The van der Waals surface area contributed by atoms with Gasteiger partial charge in [-0.25, -0.2) is 17.8 Å². The Labute approximate surface area is 198 Å². The van der Waals surface area contributed by atoms with Gasteiger partial charge in [0.2, 0.25) is 0 Å². The number of benzene rings is 2. The van der Waals surface area contributed by atoms with E-state index in [2.05, 4.69) is 10.1 Å². The molecule has 2 aromatic heterocycles. The molecule has 0 spiro atoms. The predicted molar refractivity (Wildman–Crippen MR) is 123 cm³/mol. The molecule has 2 heterocycles. The maximum atomic E-state index is 12.8. The number of aromatic nitrogens is 3. The van der Waals surface area contributed by atoms with Gasteiger partial charge in [0.15, 0.2) is 5.69 Å². The van der Waals surface area contributed by atoms with E-state index in [0.29, 0.717) is 27.1 Å². The van der Waals surface area contributed by atoms with Crippen LogP contribution in [0, 0.1) is 0 Å². The van der Waals surface area contributed by atoms with Gasteiger partial charge in [0.05, 0.1) is 26.4 Å². The number of pyridine rings is 1. The lowest BCUT2D eigenvalue weighted by Crippen LogP contribution is -2.31. The largest absolute Gasteiger partial charge is 0.285 e. The molecule has 2 aromatic carbocycles. The summed E-state index contributed by atoms with van der Waals surface area (Å²) < 4.78 is 28.7. The molecule has 0 saturated carbocycles. The number of nitrogens with one attached hydrogen (secondary N) is 1. The van der Waals surface area contributed by atoms with Gasteiger partial charge in [0.25, 0.3) is 15.9 Å². The molecule has 0 aliphatic carbocycles. The molecule has 0 saturated heterocycles. The van der Waals surface area contributed by atoms with Crippen LogP contribution < -0.4 is 4.72 Å². The Balaban J connectivity index is 1.80. The van der Waals surface area contributed by atoms with Gasteiger partial charge in [-0.2, -0.15) is 5.10 Å². The van der Waals surface area contributed by atoms with Gasteiger partial charge in [-0.1, -0.05) is 59.1 Å². The Morgan fingerprint density at radius 1 is 0.875 bits per heavy atom. The number of nitrogens with zero attached hydrogens (tertiary/aromatic N) is 3. The van der Waals surface area contributed by atoms with Crippen molar-refractivity contribution in [2.45, 2.75) is 4.90 Å². The van der Waals surface area contributed by atoms with Crippen LogP contribution in [0.5, 0.6) is 0 Å². The van der Waals surface area contributed by atoms with E-state index in [0.717, 1.165) is 0 Å². The molecule has 4 rings (SSSR count). The molecular formula is C21H13Cl3N4O3S. The number of rotatable bonds is 5. The molecule has 0 bridgehead atoms. The quantitative estimate of drug-likeness (QED) is 0.410. The molecule has 0 unspecified atom stereocenters. The van der Waals surface area contributed by atoms with E-state index in [-0.39, 0.29) is 15.6 Å². The summed E-state index contributed by atoms with van der Waals surface area (Å²) in [6.45, 7) is 0. The minimum atomic E-state index is -4.24. The Bertz CT molecular complexity index is 1370. The van der Waals surface area contributed by atoms with Crippen molar-refractivity contribution in [2.75, 3.05) is 0 Å². The first-order valence-corrected chi connectivity index (χ1v) is 11.7. The topological polar surface area (TPSA) is 94.0 Å². The van der Waals surface area contributed by atoms with Crippen molar-refractivity contribution in [2.24, 2.45) is 0 Å². The summed E-state index contributed by atoms with van der Waals surface area (Å²) in [5, 5.41) is 4.94. The van der Waals surface area contributed by atoms with Gasteiger partial charge < -0.3 is 0 Å². The highest BCUT2D eigenvalue weighted by atomic mass is 35.5. The molecule has 1 N–H and O–H groups in total. The SMILES string of the molecule is O=C(NS(=O)(=O)c1ccccc1Cl)c1cc(-c2ncccc2Cl)n(-c2ccccc2Cl)n1. The lowest BCUT2D eigenvalue weighted by Gasteiger charge is -2.09. The predicted octanol–water partition coefficient (Wildman–Crippen LogP) is 5.01. The molecule has 162 valence electrons. The van der Waals surface area contributed by atoms with Crippen molar-refractivity contribution in [3.05, 3.63) is 93.7 Å². The normalized spacial score (nSPS) is 11.3. The van der Waals surface area contributed by atoms with Gasteiger partial charge in [-0.15, -0.1) is 0 Å². The molecular weight excluding hydrogens is 495 g/mol. The van der Waals surface area contributed by atoms with Gasteiger partial charge in [0, 0.05) is 6.20 Å². The molecule has 0 aliphatic heterocycles. The summed E-state index contributed by atoms with van der Waals surface area (Å²) in [5.41, 5.74) is 0.967. The molecule has 0 aliphatic rings. The van der Waals surface area contributed by atoms with Gasteiger partial charge >= 0.3 is 0 Å².